The van der Waals surface area contributed by atoms with Gasteiger partial charge in [0.2, 0.25) is 0 Å². The molecule has 0 unspecified atom stereocenters. The number of para-hydroxylation sites is 1. The summed E-state index contributed by atoms with van der Waals surface area (Å²) in [5.74, 6) is 0. The van der Waals surface area contributed by atoms with Crippen molar-refractivity contribution in [2.24, 2.45) is 0 Å². The van der Waals surface area contributed by atoms with E-state index >= 15 is 0 Å². The summed E-state index contributed by atoms with van der Waals surface area (Å²) in [6.45, 7) is 4.69. The van der Waals surface area contributed by atoms with Crippen LogP contribution in [0.4, 0.5) is 17.1 Å². The van der Waals surface area contributed by atoms with Crippen molar-refractivity contribution in [3.63, 3.8) is 0 Å². The Morgan fingerprint density at radius 2 is 0.980 bits per heavy atom. The minimum Gasteiger partial charge on any atom is -0.456 e. The lowest BCUT2D eigenvalue weighted by Gasteiger charge is -2.28. The zero-order valence-electron chi connectivity index (χ0n) is 27.4. The van der Waals surface area contributed by atoms with Gasteiger partial charge in [0.25, 0.3) is 0 Å². The second-order valence-electron chi connectivity index (χ2n) is 13.8. The fourth-order valence-electron chi connectivity index (χ4n) is 8.05. The smallest absolute Gasteiger partial charge is 0.137 e. The van der Waals surface area contributed by atoms with E-state index in [4.69, 9.17) is 4.42 Å². The van der Waals surface area contributed by atoms with Crippen LogP contribution in [0.3, 0.4) is 0 Å². The van der Waals surface area contributed by atoms with E-state index in [-0.39, 0.29) is 5.41 Å². The lowest BCUT2D eigenvalue weighted by atomic mass is 9.82. The Morgan fingerprint density at radius 3 is 1.86 bits per heavy atom. The minimum atomic E-state index is -0.0984. The molecule has 1 aliphatic carbocycles. The van der Waals surface area contributed by atoms with Gasteiger partial charge in [0, 0.05) is 39.3 Å². The van der Waals surface area contributed by atoms with Gasteiger partial charge in [-0.3, -0.25) is 0 Å². The molecule has 8 aromatic carbocycles. The molecule has 0 aliphatic heterocycles. The fourth-order valence-corrected chi connectivity index (χ4v) is 8.05. The minimum absolute atomic E-state index is 0.0984. The van der Waals surface area contributed by atoms with E-state index in [9.17, 15) is 0 Å². The topological polar surface area (TPSA) is 16.4 Å². The number of fused-ring (bicyclic) bond motifs is 8. The summed E-state index contributed by atoms with van der Waals surface area (Å²) in [6.07, 6.45) is 0. The van der Waals surface area contributed by atoms with Gasteiger partial charge in [0.15, 0.2) is 0 Å². The predicted molar refractivity (Wildman–Crippen MR) is 206 cm³/mol. The summed E-state index contributed by atoms with van der Waals surface area (Å²) in [7, 11) is 0. The summed E-state index contributed by atoms with van der Waals surface area (Å²) in [5, 5.41) is 7.20. The number of anilines is 3. The Kier molecular flexibility index (Phi) is 5.95. The summed E-state index contributed by atoms with van der Waals surface area (Å²) in [5.41, 5.74) is 12.8. The molecule has 0 saturated carbocycles. The van der Waals surface area contributed by atoms with E-state index in [0.29, 0.717) is 0 Å². The molecule has 49 heavy (non-hydrogen) atoms. The summed E-state index contributed by atoms with van der Waals surface area (Å²) < 4.78 is 6.39. The van der Waals surface area contributed by atoms with Gasteiger partial charge in [-0.1, -0.05) is 117 Å². The number of rotatable bonds is 4. The maximum absolute atomic E-state index is 6.39. The Morgan fingerprint density at radius 1 is 0.408 bits per heavy atom. The first kappa shape index (κ1) is 27.9. The molecule has 1 aliphatic rings. The Bertz CT molecular complexity index is 2770. The third-order valence-electron chi connectivity index (χ3n) is 10.6. The molecule has 2 nitrogen and oxygen atoms in total. The van der Waals surface area contributed by atoms with Gasteiger partial charge in [0.1, 0.15) is 11.2 Å². The van der Waals surface area contributed by atoms with Crippen LogP contribution < -0.4 is 4.90 Å². The van der Waals surface area contributed by atoms with E-state index in [1.807, 2.05) is 12.1 Å². The molecule has 232 valence electrons. The first-order valence-corrected chi connectivity index (χ1v) is 17.0. The van der Waals surface area contributed by atoms with E-state index in [2.05, 4.69) is 170 Å². The van der Waals surface area contributed by atoms with Crippen molar-refractivity contribution < 1.29 is 4.42 Å². The predicted octanol–water partition coefficient (Wildman–Crippen LogP) is 13.3. The van der Waals surface area contributed by atoms with Crippen LogP contribution in [0.2, 0.25) is 0 Å². The van der Waals surface area contributed by atoms with Crippen molar-refractivity contribution in [2.75, 3.05) is 4.90 Å². The lowest BCUT2D eigenvalue weighted by Crippen LogP contribution is -2.16. The lowest BCUT2D eigenvalue weighted by molar-refractivity contribution is 0.660. The fraction of sp³-hybridized carbons (Fsp3) is 0.0638. The highest BCUT2D eigenvalue weighted by Gasteiger charge is 2.35. The zero-order chi connectivity index (χ0) is 32.7. The Balaban J connectivity index is 1.12. The largest absolute Gasteiger partial charge is 0.456 e. The molecule has 0 fully saturated rings. The molecule has 1 heterocycles. The van der Waals surface area contributed by atoms with Crippen LogP contribution in [-0.4, -0.2) is 0 Å². The van der Waals surface area contributed by atoms with Crippen molar-refractivity contribution in [3.05, 3.63) is 175 Å². The van der Waals surface area contributed by atoms with Gasteiger partial charge in [-0.15, -0.1) is 0 Å². The molecule has 0 radical (unpaired) electrons. The highest BCUT2D eigenvalue weighted by Crippen LogP contribution is 2.51. The maximum Gasteiger partial charge on any atom is 0.137 e. The van der Waals surface area contributed by atoms with Crippen LogP contribution in [-0.2, 0) is 5.41 Å². The standard InChI is InChI=1S/C47H33NO/c1-47(2)43-13-7-5-11-39(43)40-23-21-37(28-44(40)47)48(38-22-24-42-41-12-6-8-14-45(41)49-46(42)29-38)36-20-19-34-26-33(17-18-35(34)27-36)32-16-15-30-9-3-4-10-31(30)25-32/h3-29H,1-2H3. The van der Waals surface area contributed by atoms with Gasteiger partial charge in [-0.05, 0) is 110 Å². The molecule has 0 spiro atoms. The zero-order valence-corrected chi connectivity index (χ0v) is 27.4. The van der Waals surface area contributed by atoms with E-state index in [1.54, 1.807) is 0 Å². The number of hydrogen-bond donors (Lipinski definition) is 0. The number of benzene rings is 8. The molecule has 0 bridgehead atoms. The maximum atomic E-state index is 6.39. The summed E-state index contributed by atoms with van der Waals surface area (Å²) in [4.78, 5) is 2.38. The van der Waals surface area contributed by atoms with Gasteiger partial charge in [0.05, 0.1) is 0 Å². The van der Waals surface area contributed by atoms with Gasteiger partial charge in [-0.25, -0.2) is 0 Å². The molecule has 9 aromatic rings. The average molecular weight is 628 g/mol. The average Bonchev–Trinajstić information content (AvgIpc) is 3.63. The van der Waals surface area contributed by atoms with Crippen molar-refractivity contribution in [3.8, 4) is 22.3 Å². The van der Waals surface area contributed by atoms with Crippen molar-refractivity contribution in [2.45, 2.75) is 19.3 Å². The Hall–Kier alpha value is -6.12. The van der Waals surface area contributed by atoms with Crippen LogP contribution in [0.15, 0.2) is 168 Å². The van der Waals surface area contributed by atoms with Crippen LogP contribution in [0, 0.1) is 0 Å². The van der Waals surface area contributed by atoms with E-state index in [0.717, 1.165) is 39.0 Å². The molecule has 10 rings (SSSR count). The van der Waals surface area contributed by atoms with Crippen molar-refractivity contribution in [1.82, 2.24) is 0 Å². The number of hydrogen-bond acceptors (Lipinski definition) is 2. The molecular formula is C47H33NO. The Labute approximate surface area is 285 Å². The normalized spacial score (nSPS) is 13.3. The molecule has 0 saturated heterocycles. The first-order chi connectivity index (χ1) is 24.0. The molecule has 0 amide bonds. The third-order valence-corrected chi connectivity index (χ3v) is 10.6. The molecule has 0 N–H and O–H groups in total. The first-order valence-electron chi connectivity index (χ1n) is 17.0. The third kappa shape index (κ3) is 4.34. The van der Waals surface area contributed by atoms with E-state index < -0.39 is 0 Å². The van der Waals surface area contributed by atoms with Crippen LogP contribution in [0.25, 0.3) is 65.7 Å². The van der Waals surface area contributed by atoms with Crippen molar-refractivity contribution >= 4 is 60.5 Å². The number of furan rings is 1. The molecule has 0 atom stereocenters. The van der Waals surface area contributed by atoms with Crippen LogP contribution in [0.5, 0.6) is 0 Å². The molecule has 2 heteroatoms. The number of nitrogens with zero attached hydrogens (tertiary/aromatic N) is 1. The monoisotopic (exact) mass is 627 g/mol. The highest BCUT2D eigenvalue weighted by molar-refractivity contribution is 6.06. The molecule has 1 aromatic heterocycles. The second-order valence-corrected chi connectivity index (χ2v) is 13.8. The SMILES string of the molecule is CC1(C)c2ccccc2-c2ccc(N(c3ccc4cc(-c5ccc6ccccc6c5)ccc4c3)c3ccc4c(c3)oc3ccccc34)cc21. The van der Waals surface area contributed by atoms with Crippen molar-refractivity contribution in [1.29, 1.82) is 0 Å². The van der Waals surface area contributed by atoms with Crippen LogP contribution >= 0.6 is 0 Å². The highest BCUT2D eigenvalue weighted by atomic mass is 16.3. The summed E-state index contributed by atoms with van der Waals surface area (Å²) >= 11 is 0. The quantitative estimate of drug-likeness (QED) is 0.193. The van der Waals surface area contributed by atoms with E-state index in [1.165, 1.54) is 54.9 Å². The molecular weight excluding hydrogens is 595 g/mol. The second kappa shape index (κ2) is 10.4. The van der Waals surface area contributed by atoms with Gasteiger partial charge in [-0.2, -0.15) is 0 Å². The van der Waals surface area contributed by atoms with Gasteiger partial charge < -0.3 is 9.32 Å². The van der Waals surface area contributed by atoms with Crippen LogP contribution in [0.1, 0.15) is 25.0 Å². The summed E-state index contributed by atoms with van der Waals surface area (Å²) in [6, 6.07) is 59.6. The van der Waals surface area contributed by atoms with Gasteiger partial charge >= 0.3 is 0 Å².